The Morgan fingerprint density at radius 2 is 2.05 bits per heavy atom. The molecule has 104 valence electrons. The average Bonchev–Trinajstić information content (AvgIpc) is 2.52. The number of hydrogen-bond acceptors (Lipinski definition) is 4. The molecule has 1 heterocycles. The van der Waals surface area contributed by atoms with Crippen LogP contribution in [0.1, 0.15) is 17.5 Å². The Bertz CT molecular complexity index is 570. The van der Waals surface area contributed by atoms with E-state index < -0.39 is 0 Å². The van der Waals surface area contributed by atoms with Crippen molar-refractivity contribution in [2.24, 2.45) is 10.9 Å². The molecular weight excluding hydrogens is 254 g/mol. The molecule has 2 aromatic rings. The van der Waals surface area contributed by atoms with Gasteiger partial charge >= 0.3 is 0 Å². The van der Waals surface area contributed by atoms with Crippen LogP contribution in [0.5, 0.6) is 5.88 Å². The Morgan fingerprint density at radius 1 is 1.25 bits per heavy atom. The molecule has 0 saturated carbocycles. The zero-order valence-electron chi connectivity index (χ0n) is 11.1. The SMILES string of the molecule is NC(=NO)c1ccnc(OCCCc2ccccc2)c1. The molecule has 0 unspecified atom stereocenters. The van der Waals surface area contributed by atoms with Gasteiger partial charge in [-0.15, -0.1) is 0 Å². The maximum Gasteiger partial charge on any atom is 0.213 e. The minimum atomic E-state index is 0.0431. The van der Waals surface area contributed by atoms with Crippen LogP contribution in [0.3, 0.4) is 0 Å². The molecule has 3 N–H and O–H groups in total. The third-order valence-corrected chi connectivity index (χ3v) is 2.84. The molecule has 0 spiro atoms. The summed E-state index contributed by atoms with van der Waals surface area (Å²) in [5.74, 6) is 0.517. The second kappa shape index (κ2) is 7.13. The van der Waals surface area contributed by atoms with Crippen molar-refractivity contribution in [1.82, 2.24) is 4.98 Å². The molecular formula is C15H17N3O2. The molecule has 0 aliphatic carbocycles. The topological polar surface area (TPSA) is 80.7 Å². The Balaban J connectivity index is 1.82. The standard InChI is InChI=1S/C15H17N3O2/c16-15(18-19)13-8-9-17-14(11-13)20-10-4-7-12-5-2-1-3-6-12/h1-3,5-6,8-9,11,19H,4,7,10H2,(H2,16,18). The first-order valence-corrected chi connectivity index (χ1v) is 6.40. The van der Waals surface area contributed by atoms with Crippen LogP contribution in [0.25, 0.3) is 0 Å². The number of pyridine rings is 1. The zero-order valence-corrected chi connectivity index (χ0v) is 11.1. The predicted molar refractivity (Wildman–Crippen MR) is 77.0 cm³/mol. The van der Waals surface area contributed by atoms with Crippen LogP contribution in [-0.4, -0.2) is 22.6 Å². The number of nitrogens with zero attached hydrogens (tertiary/aromatic N) is 2. The normalized spacial score (nSPS) is 11.3. The van der Waals surface area contributed by atoms with E-state index in [1.807, 2.05) is 18.2 Å². The number of rotatable bonds is 6. The summed E-state index contributed by atoms with van der Waals surface area (Å²) in [7, 11) is 0. The molecule has 0 radical (unpaired) electrons. The van der Waals surface area contributed by atoms with E-state index in [9.17, 15) is 0 Å². The molecule has 0 aliphatic heterocycles. The van der Waals surface area contributed by atoms with E-state index in [0.29, 0.717) is 18.1 Å². The van der Waals surface area contributed by atoms with Crippen molar-refractivity contribution < 1.29 is 9.94 Å². The molecule has 0 bridgehead atoms. The van der Waals surface area contributed by atoms with Crippen LogP contribution in [0.4, 0.5) is 0 Å². The van der Waals surface area contributed by atoms with Crippen LogP contribution in [-0.2, 0) is 6.42 Å². The van der Waals surface area contributed by atoms with Gasteiger partial charge in [0.1, 0.15) is 0 Å². The molecule has 0 fully saturated rings. The second-order valence-electron chi connectivity index (χ2n) is 4.31. The van der Waals surface area contributed by atoms with Crippen molar-refractivity contribution in [2.45, 2.75) is 12.8 Å². The fraction of sp³-hybridized carbons (Fsp3) is 0.200. The highest BCUT2D eigenvalue weighted by atomic mass is 16.5. The van der Waals surface area contributed by atoms with Gasteiger partial charge in [0.25, 0.3) is 0 Å². The molecule has 5 heteroatoms. The monoisotopic (exact) mass is 271 g/mol. The fourth-order valence-electron chi connectivity index (χ4n) is 1.80. The molecule has 5 nitrogen and oxygen atoms in total. The third-order valence-electron chi connectivity index (χ3n) is 2.84. The average molecular weight is 271 g/mol. The molecule has 1 aromatic heterocycles. The highest BCUT2D eigenvalue weighted by Gasteiger charge is 2.02. The van der Waals surface area contributed by atoms with Gasteiger partial charge in [-0.2, -0.15) is 0 Å². The Morgan fingerprint density at radius 3 is 2.80 bits per heavy atom. The quantitative estimate of drug-likeness (QED) is 0.277. The van der Waals surface area contributed by atoms with Crippen molar-refractivity contribution in [3.05, 3.63) is 59.8 Å². The smallest absolute Gasteiger partial charge is 0.213 e. The van der Waals surface area contributed by atoms with Crippen molar-refractivity contribution in [3.8, 4) is 5.88 Å². The van der Waals surface area contributed by atoms with E-state index in [0.717, 1.165) is 12.8 Å². The third kappa shape index (κ3) is 3.98. The molecule has 0 atom stereocenters. The Hall–Kier alpha value is -2.56. The van der Waals surface area contributed by atoms with Gasteiger partial charge in [-0.3, -0.25) is 0 Å². The van der Waals surface area contributed by atoms with Crippen molar-refractivity contribution in [2.75, 3.05) is 6.61 Å². The predicted octanol–water partition coefficient (Wildman–Crippen LogP) is 2.19. The maximum atomic E-state index is 8.62. The lowest BCUT2D eigenvalue weighted by molar-refractivity contribution is 0.299. The van der Waals surface area contributed by atoms with E-state index in [4.69, 9.17) is 15.7 Å². The van der Waals surface area contributed by atoms with Gasteiger partial charge < -0.3 is 15.7 Å². The van der Waals surface area contributed by atoms with Gasteiger partial charge in [0, 0.05) is 17.8 Å². The van der Waals surface area contributed by atoms with E-state index >= 15 is 0 Å². The first-order chi connectivity index (χ1) is 9.79. The lowest BCUT2D eigenvalue weighted by Crippen LogP contribution is -2.13. The number of hydrogen-bond donors (Lipinski definition) is 2. The number of benzene rings is 1. The molecule has 0 aliphatic rings. The number of aryl methyl sites for hydroxylation is 1. The lowest BCUT2D eigenvalue weighted by Gasteiger charge is -2.06. The Labute approximate surface area is 117 Å². The highest BCUT2D eigenvalue weighted by Crippen LogP contribution is 2.10. The molecule has 0 saturated heterocycles. The largest absolute Gasteiger partial charge is 0.478 e. The second-order valence-corrected chi connectivity index (χ2v) is 4.31. The highest BCUT2D eigenvalue weighted by molar-refractivity contribution is 5.97. The molecule has 20 heavy (non-hydrogen) atoms. The van der Waals surface area contributed by atoms with E-state index in [2.05, 4.69) is 22.3 Å². The van der Waals surface area contributed by atoms with E-state index in [-0.39, 0.29) is 5.84 Å². The minimum absolute atomic E-state index is 0.0431. The molecule has 1 aromatic carbocycles. The summed E-state index contributed by atoms with van der Waals surface area (Å²) in [5, 5.41) is 11.6. The number of amidine groups is 1. The summed E-state index contributed by atoms with van der Waals surface area (Å²) in [6, 6.07) is 13.6. The van der Waals surface area contributed by atoms with Gasteiger partial charge in [-0.25, -0.2) is 4.98 Å². The number of nitrogens with two attached hydrogens (primary N) is 1. The van der Waals surface area contributed by atoms with Crippen LogP contribution in [0.15, 0.2) is 53.8 Å². The number of ether oxygens (including phenoxy) is 1. The summed E-state index contributed by atoms with van der Waals surface area (Å²) >= 11 is 0. The van der Waals surface area contributed by atoms with Gasteiger partial charge in [-0.1, -0.05) is 35.5 Å². The number of oxime groups is 1. The molecule has 2 rings (SSSR count). The fourth-order valence-corrected chi connectivity index (χ4v) is 1.80. The summed E-state index contributed by atoms with van der Waals surface area (Å²) < 4.78 is 5.56. The van der Waals surface area contributed by atoms with Crippen LogP contribution in [0, 0.1) is 0 Å². The zero-order chi connectivity index (χ0) is 14.2. The van der Waals surface area contributed by atoms with E-state index in [1.54, 1.807) is 18.3 Å². The summed E-state index contributed by atoms with van der Waals surface area (Å²) in [4.78, 5) is 4.09. The van der Waals surface area contributed by atoms with Crippen molar-refractivity contribution in [3.63, 3.8) is 0 Å². The van der Waals surface area contributed by atoms with Crippen LogP contribution >= 0.6 is 0 Å². The summed E-state index contributed by atoms with van der Waals surface area (Å²) in [5.41, 5.74) is 7.38. The van der Waals surface area contributed by atoms with Gasteiger partial charge in [0.05, 0.1) is 6.61 Å². The van der Waals surface area contributed by atoms with Crippen LogP contribution in [0.2, 0.25) is 0 Å². The summed E-state index contributed by atoms with van der Waals surface area (Å²) in [6.07, 6.45) is 3.43. The van der Waals surface area contributed by atoms with Gasteiger partial charge in [-0.05, 0) is 24.5 Å². The first-order valence-electron chi connectivity index (χ1n) is 6.40. The Kier molecular flexibility index (Phi) is 4.94. The van der Waals surface area contributed by atoms with Crippen molar-refractivity contribution >= 4 is 5.84 Å². The number of aromatic nitrogens is 1. The molecule has 0 amide bonds. The van der Waals surface area contributed by atoms with Crippen LogP contribution < -0.4 is 10.5 Å². The minimum Gasteiger partial charge on any atom is -0.478 e. The lowest BCUT2D eigenvalue weighted by atomic mass is 10.1. The van der Waals surface area contributed by atoms with E-state index in [1.165, 1.54) is 5.56 Å². The van der Waals surface area contributed by atoms with Gasteiger partial charge in [0.15, 0.2) is 5.84 Å². The maximum absolute atomic E-state index is 8.62. The summed E-state index contributed by atoms with van der Waals surface area (Å²) in [6.45, 7) is 0.571. The first kappa shape index (κ1) is 13.9. The van der Waals surface area contributed by atoms with Gasteiger partial charge in [0.2, 0.25) is 5.88 Å². The van der Waals surface area contributed by atoms with Crippen molar-refractivity contribution in [1.29, 1.82) is 0 Å².